The van der Waals surface area contributed by atoms with Crippen LogP contribution in [0.1, 0.15) is 11.1 Å². The second-order valence-electron chi connectivity index (χ2n) is 5.36. The molecule has 0 unspecified atom stereocenters. The molecule has 5 heteroatoms. The molecule has 1 heterocycles. The van der Waals surface area contributed by atoms with Gasteiger partial charge in [0.05, 0.1) is 24.6 Å². The molecule has 3 aromatic rings. The van der Waals surface area contributed by atoms with Gasteiger partial charge < -0.3 is 14.6 Å². The van der Waals surface area contributed by atoms with Gasteiger partial charge in [0.25, 0.3) is 0 Å². The lowest BCUT2D eigenvalue weighted by atomic mass is 10.1. The van der Waals surface area contributed by atoms with Gasteiger partial charge in [0.15, 0.2) is 0 Å². The maximum Gasteiger partial charge on any atom is 0.123 e. The molecule has 0 aliphatic rings. The first-order valence-electron chi connectivity index (χ1n) is 7.03. The van der Waals surface area contributed by atoms with Crippen LogP contribution in [0, 0.1) is 13.8 Å². The number of halogens is 1. The fourth-order valence-electron chi connectivity index (χ4n) is 2.66. The molecular weight excluding hydrogens is 342 g/mol. The van der Waals surface area contributed by atoms with Crippen molar-refractivity contribution in [2.24, 2.45) is 7.05 Å². The molecule has 0 saturated heterocycles. The summed E-state index contributed by atoms with van der Waals surface area (Å²) in [6.07, 6.45) is 1.83. The number of ether oxygens (including phenoxy) is 1. The molecule has 114 valence electrons. The van der Waals surface area contributed by atoms with Gasteiger partial charge in [-0.15, -0.1) is 0 Å². The van der Waals surface area contributed by atoms with E-state index in [0.29, 0.717) is 0 Å². The minimum absolute atomic E-state index is 0.873. The van der Waals surface area contributed by atoms with Crippen LogP contribution in [-0.4, -0.2) is 16.7 Å². The number of hydrogen-bond acceptors (Lipinski definition) is 3. The summed E-state index contributed by atoms with van der Waals surface area (Å²) in [5.41, 5.74) is 6.30. The maximum absolute atomic E-state index is 5.43. The van der Waals surface area contributed by atoms with Crippen molar-refractivity contribution >= 4 is 38.3 Å². The van der Waals surface area contributed by atoms with Crippen molar-refractivity contribution in [1.29, 1.82) is 0 Å². The summed E-state index contributed by atoms with van der Waals surface area (Å²) in [4.78, 5) is 4.52. The number of imidazole rings is 1. The SMILES string of the molecule is COc1ccc(C)c(Nc2c(Br)ccc3c2ncn3C)c1C. The standard InChI is InChI=1S/C17H18BrN3O/c1-10-5-8-14(22-4)11(2)15(10)20-16-12(18)6-7-13-17(16)19-9-21(13)3/h5-9,20H,1-4H3. The van der Waals surface area contributed by atoms with Gasteiger partial charge in [0.2, 0.25) is 0 Å². The zero-order valence-corrected chi connectivity index (χ0v) is 14.7. The van der Waals surface area contributed by atoms with Crippen LogP contribution in [0.15, 0.2) is 35.1 Å². The first kappa shape index (κ1) is 14.9. The lowest BCUT2D eigenvalue weighted by Crippen LogP contribution is -2.00. The van der Waals surface area contributed by atoms with Crippen molar-refractivity contribution in [2.45, 2.75) is 13.8 Å². The highest BCUT2D eigenvalue weighted by Gasteiger charge is 2.14. The van der Waals surface area contributed by atoms with Gasteiger partial charge in [-0.25, -0.2) is 4.98 Å². The minimum atomic E-state index is 0.873. The largest absolute Gasteiger partial charge is 0.496 e. The van der Waals surface area contributed by atoms with E-state index in [4.69, 9.17) is 4.74 Å². The van der Waals surface area contributed by atoms with Gasteiger partial charge in [0, 0.05) is 22.8 Å². The van der Waals surface area contributed by atoms with Crippen LogP contribution in [0.3, 0.4) is 0 Å². The highest BCUT2D eigenvalue weighted by atomic mass is 79.9. The van der Waals surface area contributed by atoms with Crippen LogP contribution < -0.4 is 10.1 Å². The number of methoxy groups -OCH3 is 1. The number of hydrogen-bond donors (Lipinski definition) is 1. The van der Waals surface area contributed by atoms with Gasteiger partial charge in [-0.1, -0.05) is 6.07 Å². The van der Waals surface area contributed by atoms with E-state index in [-0.39, 0.29) is 0 Å². The summed E-state index contributed by atoms with van der Waals surface area (Å²) in [7, 11) is 3.69. The summed E-state index contributed by atoms with van der Waals surface area (Å²) < 4.78 is 8.43. The molecule has 1 N–H and O–H groups in total. The average molecular weight is 360 g/mol. The van der Waals surface area contributed by atoms with Crippen molar-refractivity contribution in [3.8, 4) is 5.75 Å². The lowest BCUT2D eigenvalue weighted by Gasteiger charge is -2.17. The highest BCUT2D eigenvalue weighted by molar-refractivity contribution is 9.10. The molecule has 1 aromatic heterocycles. The Labute approximate surface area is 138 Å². The molecule has 0 radical (unpaired) electrons. The predicted molar refractivity (Wildman–Crippen MR) is 94.2 cm³/mol. The normalized spacial score (nSPS) is 11.0. The van der Waals surface area contributed by atoms with Gasteiger partial charge >= 0.3 is 0 Å². The molecule has 4 nitrogen and oxygen atoms in total. The maximum atomic E-state index is 5.43. The number of aromatic nitrogens is 2. The second-order valence-corrected chi connectivity index (χ2v) is 6.21. The third kappa shape index (κ3) is 2.35. The Balaban J connectivity index is 2.17. The van der Waals surface area contributed by atoms with E-state index < -0.39 is 0 Å². The fraction of sp³-hybridized carbons (Fsp3) is 0.235. The molecule has 0 aliphatic heterocycles. The van der Waals surface area contributed by atoms with Gasteiger partial charge in [-0.3, -0.25) is 0 Å². The number of aryl methyl sites for hydroxylation is 2. The highest BCUT2D eigenvalue weighted by Crippen LogP contribution is 2.37. The van der Waals surface area contributed by atoms with E-state index in [1.807, 2.05) is 30.1 Å². The minimum Gasteiger partial charge on any atom is -0.496 e. The Morgan fingerprint density at radius 3 is 2.64 bits per heavy atom. The van der Waals surface area contributed by atoms with Crippen molar-refractivity contribution in [1.82, 2.24) is 9.55 Å². The molecule has 0 fully saturated rings. The Kier molecular flexibility index (Phi) is 3.83. The third-order valence-corrected chi connectivity index (χ3v) is 4.60. The predicted octanol–water partition coefficient (Wildman–Crippen LogP) is 4.70. The Morgan fingerprint density at radius 2 is 1.91 bits per heavy atom. The number of fused-ring (bicyclic) bond motifs is 1. The topological polar surface area (TPSA) is 39.1 Å². The second kappa shape index (κ2) is 5.65. The fourth-order valence-corrected chi connectivity index (χ4v) is 3.08. The van der Waals surface area contributed by atoms with Gasteiger partial charge in [-0.2, -0.15) is 0 Å². The monoisotopic (exact) mass is 359 g/mol. The van der Waals surface area contributed by atoms with Crippen molar-refractivity contribution in [3.05, 3.63) is 46.2 Å². The molecule has 0 bridgehead atoms. The van der Waals surface area contributed by atoms with Crippen LogP contribution in [0.2, 0.25) is 0 Å². The van der Waals surface area contributed by atoms with Crippen LogP contribution in [0.25, 0.3) is 11.0 Å². The first-order valence-corrected chi connectivity index (χ1v) is 7.83. The molecule has 22 heavy (non-hydrogen) atoms. The summed E-state index contributed by atoms with van der Waals surface area (Å²) in [6, 6.07) is 8.15. The third-order valence-electron chi connectivity index (χ3n) is 3.94. The van der Waals surface area contributed by atoms with Crippen molar-refractivity contribution in [2.75, 3.05) is 12.4 Å². The zero-order chi connectivity index (χ0) is 15.9. The zero-order valence-electron chi connectivity index (χ0n) is 13.1. The van der Waals surface area contributed by atoms with Crippen LogP contribution in [0.4, 0.5) is 11.4 Å². The van der Waals surface area contributed by atoms with E-state index in [9.17, 15) is 0 Å². The molecule has 2 aromatic carbocycles. The van der Waals surface area contributed by atoms with Crippen molar-refractivity contribution in [3.63, 3.8) is 0 Å². The van der Waals surface area contributed by atoms with Gasteiger partial charge in [0.1, 0.15) is 11.3 Å². The smallest absolute Gasteiger partial charge is 0.123 e. The number of benzene rings is 2. The summed E-state index contributed by atoms with van der Waals surface area (Å²) >= 11 is 3.63. The van der Waals surface area contributed by atoms with E-state index in [1.54, 1.807) is 7.11 Å². The quantitative estimate of drug-likeness (QED) is 0.736. The number of nitrogens with one attached hydrogen (secondary N) is 1. The number of nitrogens with zero attached hydrogens (tertiary/aromatic N) is 2. The molecular formula is C17H18BrN3O. The lowest BCUT2D eigenvalue weighted by molar-refractivity contribution is 0.412. The van der Waals surface area contributed by atoms with E-state index in [2.05, 4.69) is 52.2 Å². The molecule has 0 aliphatic carbocycles. The van der Waals surface area contributed by atoms with E-state index in [1.165, 1.54) is 0 Å². The molecule has 0 atom stereocenters. The summed E-state index contributed by atoms with van der Waals surface area (Å²) in [6.45, 7) is 4.14. The first-order chi connectivity index (χ1) is 10.5. The molecule has 0 amide bonds. The number of rotatable bonds is 3. The van der Waals surface area contributed by atoms with E-state index >= 15 is 0 Å². The van der Waals surface area contributed by atoms with Crippen LogP contribution >= 0.6 is 15.9 Å². The Bertz CT molecular complexity index is 855. The van der Waals surface area contributed by atoms with Gasteiger partial charge in [-0.05, 0) is 53.5 Å². The Morgan fingerprint density at radius 1 is 1.14 bits per heavy atom. The Hall–Kier alpha value is -2.01. The summed E-state index contributed by atoms with van der Waals surface area (Å²) in [5.74, 6) is 0.873. The molecule has 0 saturated carbocycles. The summed E-state index contributed by atoms with van der Waals surface area (Å²) in [5, 5.41) is 3.54. The van der Waals surface area contributed by atoms with Crippen LogP contribution in [0.5, 0.6) is 5.75 Å². The average Bonchev–Trinajstić information content (AvgIpc) is 2.87. The van der Waals surface area contributed by atoms with Crippen molar-refractivity contribution < 1.29 is 4.74 Å². The van der Waals surface area contributed by atoms with E-state index in [0.717, 1.165) is 43.8 Å². The molecule has 3 rings (SSSR count). The molecule has 0 spiro atoms. The number of anilines is 2. The van der Waals surface area contributed by atoms with Crippen LogP contribution in [-0.2, 0) is 7.05 Å².